The molecule has 56 valence electrons. The number of rotatable bonds is 0. The summed E-state index contributed by atoms with van der Waals surface area (Å²) in [5, 5.41) is 2.71. The Bertz CT molecular complexity index is 271. The molecule has 0 aliphatic carbocycles. The van der Waals surface area contributed by atoms with E-state index in [1.165, 1.54) is 0 Å². The van der Waals surface area contributed by atoms with Crippen molar-refractivity contribution in [2.75, 3.05) is 0 Å². The van der Waals surface area contributed by atoms with Crippen molar-refractivity contribution >= 4 is 0 Å². The summed E-state index contributed by atoms with van der Waals surface area (Å²) in [5.41, 5.74) is -1.28. The maximum atomic E-state index is 11.6. The lowest BCUT2D eigenvalue weighted by molar-refractivity contribution is -0.214. The lowest BCUT2D eigenvalue weighted by atomic mass is 11.0. The van der Waals surface area contributed by atoms with Crippen LogP contribution in [0.2, 0.25) is 0 Å². The minimum Gasteiger partial charge on any atom is -0.295 e. The second-order valence-corrected chi connectivity index (χ2v) is 1.47. The molecule has 1 rings (SSSR count). The van der Waals surface area contributed by atoms with Crippen molar-refractivity contribution in [3.8, 4) is 0 Å². The van der Waals surface area contributed by atoms with Gasteiger partial charge >= 0.3 is 12.0 Å². The van der Waals surface area contributed by atoms with Crippen molar-refractivity contribution in [3.63, 3.8) is 0 Å². The Labute approximate surface area is 52.3 Å². The molecule has 1 heterocycles. The quantitative estimate of drug-likeness (QED) is 0.572. The summed E-state index contributed by atoms with van der Waals surface area (Å²) < 4.78 is 34.1. The third-order valence-corrected chi connectivity index (χ3v) is 0.794. The highest BCUT2D eigenvalue weighted by molar-refractivity contribution is 4.61. The van der Waals surface area contributed by atoms with E-state index in [1.807, 2.05) is 0 Å². The fourth-order valence-electron chi connectivity index (χ4n) is 0.436. The topological polar surface area (TPSA) is 50.7 Å². The number of alkyl halides is 3. The van der Waals surface area contributed by atoms with Crippen molar-refractivity contribution in [2.24, 2.45) is 0 Å². The molecule has 0 saturated heterocycles. The zero-order valence-electron chi connectivity index (χ0n) is 4.51. The first-order valence-electron chi connectivity index (χ1n) is 2.22. The van der Waals surface area contributed by atoms with Gasteiger partial charge in [0, 0.05) is 0 Å². The third-order valence-electron chi connectivity index (χ3n) is 0.794. The lowest BCUT2D eigenvalue weighted by Gasteiger charge is -2.00. The van der Waals surface area contributed by atoms with Crippen molar-refractivity contribution in [2.45, 2.75) is 6.30 Å². The maximum Gasteiger partial charge on any atom is 0.509 e. The molecule has 0 unspecified atom stereocenters. The van der Waals surface area contributed by atoms with Crippen LogP contribution in [0.25, 0.3) is 0 Å². The van der Waals surface area contributed by atoms with Crippen LogP contribution < -0.4 is 5.69 Å². The molecule has 0 amide bonds. The van der Waals surface area contributed by atoms with E-state index >= 15 is 0 Å². The Morgan fingerprint density at radius 2 is 2.20 bits per heavy atom. The first-order valence-corrected chi connectivity index (χ1v) is 2.22. The maximum absolute atomic E-state index is 11.6. The number of nitrogens with zero attached hydrogens (tertiary/aromatic N) is 2. The minimum atomic E-state index is -4.73. The number of hydrogen-bond acceptors (Lipinski definition) is 2. The van der Waals surface area contributed by atoms with E-state index in [-0.39, 0.29) is 0 Å². The highest BCUT2D eigenvalue weighted by Gasteiger charge is 2.33. The van der Waals surface area contributed by atoms with Crippen molar-refractivity contribution in [1.82, 2.24) is 14.8 Å². The van der Waals surface area contributed by atoms with Gasteiger partial charge in [0.1, 0.15) is 6.33 Å². The van der Waals surface area contributed by atoms with E-state index in [4.69, 9.17) is 0 Å². The summed E-state index contributed by atoms with van der Waals surface area (Å²) in [6.45, 7) is 0. The fraction of sp³-hybridized carbons (Fsp3) is 0.333. The highest BCUT2D eigenvalue weighted by Crippen LogP contribution is 2.17. The SMILES string of the molecule is O=c1[nH]cnn1C(F)(F)F. The van der Waals surface area contributed by atoms with Crippen molar-refractivity contribution in [3.05, 3.63) is 16.8 Å². The average Bonchev–Trinajstić information content (AvgIpc) is 2.11. The van der Waals surface area contributed by atoms with Crippen molar-refractivity contribution < 1.29 is 13.2 Å². The molecule has 1 aromatic heterocycles. The molecular weight excluding hydrogens is 151 g/mol. The summed E-state index contributed by atoms with van der Waals surface area (Å²) >= 11 is 0. The number of nitrogens with one attached hydrogen (secondary N) is 1. The molecule has 0 fully saturated rings. The van der Waals surface area contributed by atoms with Gasteiger partial charge in [-0.2, -0.15) is 5.10 Å². The number of H-pyrrole nitrogens is 1. The second-order valence-electron chi connectivity index (χ2n) is 1.47. The van der Waals surface area contributed by atoms with Gasteiger partial charge in [-0.3, -0.25) is 4.98 Å². The number of aromatic amines is 1. The number of aromatic nitrogens is 3. The van der Waals surface area contributed by atoms with Gasteiger partial charge in [0.15, 0.2) is 0 Å². The summed E-state index contributed by atoms with van der Waals surface area (Å²) in [5.74, 6) is 0. The molecule has 0 aliphatic heterocycles. The molecule has 4 nitrogen and oxygen atoms in total. The summed E-state index contributed by atoms with van der Waals surface area (Å²) in [4.78, 5) is 11.9. The fourth-order valence-corrected chi connectivity index (χ4v) is 0.436. The molecule has 0 aromatic carbocycles. The molecular formula is C3H2F3N3O. The predicted octanol–water partition coefficient (Wildman–Crippen LogP) is 0.0477. The number of hydrogen-bond donors (Lipinski definition) is 1. The summed E-state index contributed by atoms with van der Waals surface area (Å²) in [6.07, 6.45) is -4.05. The molecule has 10 heavy (non-hydrogen) atoms. The molecule has 1 aromatic rings. The van der Waals surface area contributed by atoms with Gasteiger partial charge in [0.25, 0.3) is 0 Å². The van der Waals surface area contributed by atoms with E-state index in [2.05, 4.69) is 5.10 Å². The van der Waals surface area contributed by atoms with E-state index in [1.54, 1.807) is 4.98 Å². The first kappa shape index (κ1) is 6.84. The zero-order valence-corrected chi connectivity index (χ0v) is 4.51. The van der Waals surface area contributed by atoms with Crippen LogP contribution in [-0.4, -0.2) is 14.8 Å². The summed E-state index contributed by atoms with van der Waals surface area (Å²) in [7, 11) is 0. The molecule has 0 spiro atoms. The smallest absolute Gasteiger partial charge is 0.295 e. The van der Waals surface area contributed by atoms with Crippen LogP contribution in [-0.2, 0) is 6.30 Å². The molecule has 0 saturated carbocycles. The minimum absolute atomic E-state index is 0.590. The van der Waals surface area contributed by atoms with Gasteiger partial charge in [-0.05, 0) is 0 Å². The third kappa shape index (κ3) is 1.02. The predicted molar refractivity (Wildman–Crippen MR) is 24.1 cm³/mol. The Morgan fingerprint density at radius 3 is 2.40 bits per heavy atom. The largest absolute Gasteiger partial charge is 0.509 e. The van der Waals surface area contributed by atoms with Gasteiger partial charge in [0.05, 0.1) is 0 Å². The van der Waals surface area contributed by atoms with E-state index in [9.17, 15) is 18.0 Å². The molecule has 0 aliphatic rings. The van der Waals surface area contributed by atoms with Crippen LogP contribution in [0.5, 0.6) is 0 Å². The van der Waals surface area contributed by atoms with E-state index in [0.29, 0.717) is 6.33 Å². The average molecular weight is 153 g/mol. The van der Waals surface area contributed by atoms with Gasteiger partial charge in [0.2, 0.25) is 0 Å². The van der Waals surface area contributed by atoms with Gasteiger partial charge < -0.3 is 0 Å². The van der Waals surface area contributed by atoms with Gasteiger partial charge in [-0.1, -0.05) is 0 Å². The van der Waals surface area contributed by atoms with Gasteiger partial charge in [-0.15, -0.1) is 17.9 Å². The molecule has 0 bridgehead atoms. The van der Waals surface area contributed by atoms with Crippen LogP contribution in [0.15, 0.2) is 11.1 Å². The zero-order chi connectivity index (χ0) is 7.78. The van der Waals surface area contributed by atoms with Gasteiger partial charge in [-0.25, -0.2) is 4.79 Å². The standard InChI is InChI=1S/C3H2F3N3O/c4-3(5,6)9-2(10)7-1-8-9/h1H,(H,7,8,10). The molecule has 1 N–H and O–H groups in total. The van der Waals surface area contributed by atoms with E-state index in [0.717, 1.165) is 0 Å². The Balaban J connectivity index is 3.18. The summed E-state index contributed by atoms with van der Waals surface area (Å²) in [6, 6.07) is 0. The van der Waals surface area contributed by atoms with Crippen LogP contribution >= 0.6 is 0 Å². The molecule has 0 radical (unpaired) electrons. The lowest BCUT2D eigenvalue weighted by Crippen LogP contribution is -2.29. The van der Waals surface area contributed by atoms with Crippen LogP contribution in [0.3, 0.4) is 0 Å². The van der Waals surface area contributed by atoms with Crippen molar-refractivity contribution in [1.29, 1.82) is 0 Å². The second kappa shape index (κ2) is 1.86. The van der Waals surface area contributed by atoms with E-state index < -0.39 is 16.7 Å². The Hall–Kier alpha value is -1.27. The van der Waals surface area contributed by atoms with Crippen LogP contribution in [0, 0.1) is 0 Å². The molecule has 7 heteroatoms. The first-order chi connectivity index (χ1) is 4.52. The monoisotopic (exact) mass is 153 g/mol. The normalized spacial score (nSPS) is 11.9. The van der Waals surface area contributed by atoms with Crippen LogP contribution in [0.4, 0.5) is 13.2 Å². The Morgan fingerprint density at radius 1 is 1.60 bits per heavy atom. The number of halogens is 3. The van der Waals surface area contributed by atoms with Crippen LogP contribution in [0.1, 0.15) is 0 Å². The highest BCUT2D eigenvalue weighted by atomic mass is 19.4. The Kier molecular flexibility index (Phi) is 1.27. The molecule has 0 atom stereocenters.